The molecular formula is C8H8BClN2. The summed E-state index contributed by atoms with van der Waals surface area (Å²) in [5, 5.41) is 5.85. The largest absolute Gasteiger partial charge is 0.248 e. The maximum absolute atomic E-state index is 5.68. The van der Waals surface area contributed by atoms with Crippen LogP contribution in [0.3, 0.4) is 0 Å². The van der Waals surface area contributed by atoms with Crippen molar-refractivity contribution in [3.05, 3.63) is 36.1 Å². The third-order valence-corrected chi connectivity index (χ3v) is 1.62. The Morgan fingerprint density at radius 2 is 2.42 bits per heavy atom. The first-order valence-electron chi connectivity index (χ1n) is 3.48. The Bertz CT molecular complexity index is 289. The second-order valence-corrected chi connectivity index (χ2v) is 2.66. The van der Waals surface area contributed by atoms with Crippen LogP contribution in [-0.4, -0.2) is 18.0 Å². The molecule has 0 aromatic rings. The van der Waals surface area contributed by atoms with E-state index in [-0.39, 0.29) is 0 Å². The van der Waals surface area contributed by atoms with Gasteiger partial charge in [0.25, 0.3) is 0 Å². The summed E-state index contributed by atoms with van der Waals surface area (Å²) in [6.07, 6.45) is 5.16. The van der Waals surface area contributed by atoms with Crippen molar-refractivity contribution in [2.24, 2.45) is 5.10 Å². The molecule has 0 spiro atoms. The maximum atomic E-state index is 5.68. The highest BCUT2D eigenvalue weighted by molar-refractivity contribution is 6.68. The van der Waals surface area contributed by atoms with Crippen LogP contribution in [0.5, 0.6) is 0 Å². The predicted octanol–water partition coefficient (Wildman–Crippen LogP) is 1.95. The highest BCUT2D eigenvalue weighted by Crippen LogP contribution is 2.16. The molecule has 0 bridgehead atoms. The average Bonchev–Trinajstić information content (AvgIpc) is 2.08. The maximum Gasteiger partial charge on any atom is 0.150 e. The molecule has 0 saturated heterocycles. The van der Waals surface area contributed by atoms with Crippen LogP contribution in [-0.2, 0) is 0 Å². The van der Waals surface area contributed by atoms with Crippen LogP contribution < -0.4 is 0 Å². The summed E-state index contributed by atoms with van der Waals surface area (Å²) < 4.78 is 0. The molecule has 0 N–H and O–H groups in total. The number of hydrazone groups is 1. The van der Waals surface area contributed by atoms with Crippen LogP contribution in [0.1, 0.15) is 6.92 Å². The second kappa shape index (κ2) is 3.63. The van der Waals surface area contributed by atoms with Gasteiger partial charge >= 0.3 is 0 Å². The van der Waals surface area contributed by atoms with Gasteiger partial charge < -0.3 is 0 Å². The minimum Gasteiger partial charge on any atom is -0.248 e. The van der Waals surface area contributed by atoms with Crippen molar-refractivity contribution in [2.45, 2.75) is 6.92 Å². The lowest BCUT2D eigenvalue weighted by Gasteiger charge is -2.22. The molecular weight excluding hydrogens is 170 g/mol. The molecule has 0 saturated carbocycles. The first-order valence-corrected chi connectivity index (χ1v) is 3.86. The lowest BCUT2D eigenvalue weighted by Crippen LogP contribution is -2.18. The van der Waals surface area contributed by atoms with Crippen molar-refractivity contribution in [1.29, 1.82) is 0 Å². The Labute approximate surface area is 78.3 Å². The van der Waals surface area contributed by atoms with Crippen molar-refractivity contribution < 1.29 is 0 Å². The normalized spacial score (nSPS) is 18.2. The lowest BCUT2D eigenvalue weighted by atomic mass is 10.0. The van der Waals surface area contributed by atoms with E-state index in [2.05, 4.69) is 11.7 Å². The van der Waals surface area contributed by atoms with E-state index < -0.39 is 0 Å². The van der Waals surface area contributed by atoms with E-state index in [1.165, 1.54) is 5.01 Å². The van der Waals surface area contributed by atoms with Gasteiger partial charge in [-0.25, -0.2) is 5.01 Å². The summed E-state index contributed by atoms with van der Waals surface area (Å²) in [4.78, 5) is 0. The van der Waals surface area contributed by atoms with E-state index in [4.69, 9.17) is 19.4 Å². The van der Waals surface area contributed by atoms with Gasteiger partial charge in [-0.1, -0.05) is 24.3 Å². The molecule has 2 radical (unpaired) electrons. The number of hydrogen-bond acceptors (Lipinski definition) is 2. The smallest absolute Gasteiger partial charge is 0.150 e. The molecule has 1 rings (SSSR count). The van der Waals surface area contributed by atoms with Gasteiger partial charge in [-0.2, -0.15) is 5.10 Å². The highest BCUT2D eigenvalue weighted by Gasteiger charge is 2.09. The molecule has 60 valence electrons. The molecule has 0 fully saturated rings. The molecule has 4 heteroatoms. The topological polar surface area (TPSA) is 15.6 Å². The summed E-state index contributed by atoms with van der Waals surface area (Å²) in [5.74, 6) is 0. The van der Waals surface area contributed by atoms with Gasteiger partial charge in [-0.3, -0.25) is 0 Å². The van der Waals surface area contributed by atoms with Gasteiger partial charge in [0.05, 0.1) is 5.70 Å². The minimum absolute atomic E-state index is 0.396. The molecule has 2 nitrogen and oxygen atoms in total. The van der Waals surface area contributed by atoms with E-state index in [9.17, 15) is 0 Å². The molecule has 0 aliphatic carbocycles. The van der Waals surface area contributed by atoms with Crippen molar-refractivity contribution >= 4 is 24.6 Å². The quantitative estimate of drug-likeness (QED) is 0.561. The molecule has 0 atom stereocenters. The van der Waals surface area contributed by atoms with E-state index in [0.29, 0.717) is 16.5 Å². The van der Waals surface area contributed by atoms with Gasteiger partial charge in [-0.15, -0.1) is 0 Å². The Kier molecular flexibility index (Phi) is 2.76. The zero-order valence-electron chi connectivity index (χ0n) is 6.79. The molecule has 1 heterocycles. The molecule has 0 aromatic carbocycles. The van der Waals surface area contributed by atoms with Crippen LogP contribution in [0, 0.1) is 0 Å². The van der Waals surface area contributed by atoms with Crippen LogP contribution in [0.4, 0.5) is 0 Å². The zero-order chi connectivity index (χ0) is 9.14. The fourth-order valence-corrected chi connectivity index (χ4v) is 0.913. The van der Waals surface area contributed by atoms with Gasteiger partial charge in [-0.05, 0) is 24.7 Å². The number of hydrogen-bond donors (Lipinski definition) is 0. The minimum atomic E-state index is 0.396. The van der Waals surface area contributed by atoms with Gasteiger partial charge in [0.15, 0.2) is 0 Å². The monoisotopic (exact) mass is 178 g/mol. The summed E-state index contributed by atoms with van der Waals surface area (Å²) in [7, 11) is 5.63. The van der Waals surface area contributed by atoms with Crippen molar-refractivity contribution in [1.82, 2.24) is 5.01 Å². The Balaban J connectivity index is 2.92. The molecule has 12 heavy (non-hydrogen) atoms. The summed E-state index contributed by atoms with van der Waals surface area (Å²) in [6.45, 7) is 5.58. The Morgan fingerprint density at radius 3 is 3.00 bits per heavy atom. The van der Waals surface area contributed by atoms with E-state index in [0.717, 1.165) is 0 Å². The predicted molar refractivity (Wildman–Crippen MR) is 52.9 cm³/mol. The summed E-state index contributed by atoms with van der Waals surface area (Å²) in [5.41, 5.74) is 1.22. The molecule has 1 aliphatic rings. The molecule has 0 unspecified atom stereocenters. The molecule has 0 amide bonds. The number of nitrogens with zero attached hydrogens (tertiary/aromatic N) is 2. The standard InChI is InChI=1S/C8H8BClN2/c1-3-7(9)12-6(2)4-5-8(10)11-12/h3-5H,2H2,1H3/b7-3-. The molecule has 1 aliphatic heterocycles. The Hall–Kier alpha value is -0.955. The summed E-state index contributed by atoms with van der Waals surface area (Å²) >= 11 is 5.68. The third-order valence-electron chi connectivity index (χ3n) is 1.42. The van der Waals surface area contributed by atoms with Crippen LogP contribution >= 0.6 is 11.6 Å². The second-order valence-electron chi connectivity index (χ2n) is 2.27. The number of halogens is 1. The van der Waals surface area contributed by atoms with Crippen molar-refractivity contribution in [2.75, 3.05) is 0 Å². The van der Waals surface area contributed by atoms with Crippen LogP contribution in [0.25, 0.3) is 0 Å². The fourth-order valence-electron chi connectivity index (χ4n) is 0.774. The average molecular weight is 178 g/mol. The zero-order valence-corrected chi connectivity index (χ0v) is 7.54. The van der Waals surface area contributed by atoms with E-state index in [1.54, 1.807) is 18.2 Å². The van der Waals surface area contributed by atoms with Crippen molar-refractivity contribution in [3.8, 4) is 0 Å². The lowest BCUT2D eigenvalue weighted by molar-refractivity contribution is 0.498. The fraction of sp³-hybridized carbons (Fsp3) is 0.125. The SMILES string of the molecule is [B]/C(=C/C)N1N=C(Cl)C=CC1=C. The molecule has 0 aromatic heterocycles. The van der Waals surface area contributed by atoms with Gasteiger partial charge in [0.2, 0.25) is 0 Å². The number of allylic oxidation sites excluding steroid dienone is 3. The van der Waals surface area contributed by atoms with Crippen molar-refractivity contribution in [3.63, 3.8) is 0 Å². The van der Waals surface area contributed by atoms with Gasteiger partial charge in [0.1, 0.15) is 13.0 Å². The van der Waals surface area contributed by atoms with Crippen LogP contribution in [0.15, 0.2) is 41.2 Å². The van der Waals surface area contributed by atoms with Gasteiger partial charge in [0, 0.05) is 0 Å². The number of rotatable bonds is 1. The third kappa shape index (κ3) is 1.80. The first-order chi connectivity index (χ1) is 5.65. The first kappa shape index (κ1) is 9.14. The Morgan fingerprint density at radius 1 is 1.75 bits per heavy atom. The van der Waals surface area contributed by atoms with E-state index >= 15 is 0 Å². The highest BCUT2D eigenvalue weighted by atomic mass is 35.5. The summed E-state index contributed by atoms with van der Waals surface area (Å²) in [6, 6.07) is 0. The van der Waals surface area contributed by atoms with E-state index in [1.807, 2.05) is 6.92 Å². The van der Waals surface area contributed by atoms with Crippen LogP contribution in [0.2, 0.25) is 0 Å².